The standard InChI is InChI=1S/C16H25N5OS2/c1-13-3-5-14(6-4-13)18-16(24)20-19-15(23)17-7-2-8-21-9-11-22-12-10-21/h3-6H,2,7-12H2,1H3,(H2,17,19,23)(H2,18,20,24)/p+1. The molecular weight excluding hydrogens is 342 g/mol. The van der Waals surface area contributed by atoms with E-state index < -0.39 is 0 Å². The zero-order valence-electron chi connectivity index (χ0n) is 14.0. The highest BCUT2D eigenvalue weighted by molar-refractivity contribution is 7.80. The van der Waals surface area contributed by atoms with Crippen LogP contribution in [-0.4, -0.2) is 49.6 Å². The van der Waals surface area contributed by atoms with Gasteiger partial charge in [-0.2, -0.15) is 0 Å². The number of hydrazine groups is 1. The van der Waals surface area contributed by atoms with E-state index in [4.69, 9.17) is 29.2 Å². The highest BCUT2D eigenvalue weighted by Crippen LogP contribution is 2.07. The zero-order valence-corrected chi connectivity index (χ0v) is 15.6. The van der Waals surface area contributed by atoms with Gasteiger partial charge in [-0.1, -0.05) is 17.7 Å². The maximum Gasteiger partial charge on any atom is 0.189 e. The lowest BCUT2D eigenvalue weighted by Gasteiger charge is -2.23. The van der Waals surface area contributed by atoms with Gasteiger partial charge in [0.15, 0.2) is 10.2 Å². The Kier molecular flexibility index (Phi) is 8.17. The predicted octanol–water partition coefficient (Wildman–Crippen LogP) is -0.0343. The van der Waals surface area contributed by atoms with Crippen molar-refractivity contribution < 1.29 is 9.64 Å². The molecule has 0 aromatic heterocycles. The Balaban J connectivity index is 1.53. The van der Waals surface area contributed by atoms with E-state index in [-0.39, 0.29) is 0 Å². The van der Waals surface area contributed by atoms with E-state index in [1.165, 1.54) is 5.56 Å². The molecule has 1 aliphatic heterocycles. The fourth-order valence-electron chi connectivity index (χ4n) is 2.41. The Morgan fingerprint density at radius 3 is 2.46 bits per heavy atom. The van der Waals surface area contributed by atoms with Crippen molar-refractivity contribution in [2.75, 3.05) is 44.7 Å². The molecule has 0 amide bonds. The predicted molar refractivity (Wildman–Crippen MR) is 105 cm³/mol. The molecule has 0 spiro atoms. The number of benzene rings is 1. The van der Waals surface area contributed by atoms with E-state index in [1.807, 2.05) is 31.2 Å². The monoisotopic (exact) mass is 368 g/mol. The average molecular weight is 369 g/mol. The first-order chi connectivity index (χ1) is 11.6. The third-order valence-corrected chi connectivity index (χ3v) is 4.24. The number of hydrogen-bond acceptors (Lipinski definition) is 3. The summed E-state index contributed by atoms with van der Waals surface area (Å²) < 4.78 is 5.35. The van der Waals surface area contributed by atoms with Crippen LogP contribution in [-0.2, 0) is 4.74 Å². The average Bonchev–Trinajstić information content (AvgIpc) is 2.60. The molecule has 0 bridgehead atoms. The molecule has 6 nitrogen and oxygen atoms in total. The number of hydrogen-bond donors (Lipinski definition) is 5. The van der Waals surface area contributed by atoms with Crippen molar-refractivity contribution in [3.63, 3.8) is 0 Å². The van der Waals surface area contributed by atoms with Crippen LogP contribution in [0.1, 0.15) is 12.0 Å². The molecule has 2 rings (SSSR count). The number of nitrogens with one attached hydrogen (secondary N) is 5. The van der Waals surface area contributed by atoms with Crippen LogP contribution in [0.15, 0.2) is 24.3 Å². The van der Waals surface area contributed by atoms with Gasteiger partial charge in [0, 0.05) is 18.7 Å². The van der Waals surface area contributed by atoms with Gasteiger partial charge in [0.05, 0.1) is 19.8 Å². The first-order valence-corrected chi connectivity index (χ1v) is 9.04. The normalized spacial score (nSPS) is 14.7. The lowest BCUT2D eigenvalue weighted by Crippen LogP contribution is -3.14. The van der Waals surface area contributed by atoms with E-state index in [0.717, 1.165) is 51.5 Å². The number of ether oxygens (including phenoxy) is 1. The highest BCUT2D eigenvalue weighted by Gasteiger charge is 2.12. The maximum absolute atomic E-state index is 5.35. The second-order valence-electron chi connectivity index (χ2n) is 5.79. The molecule has 1 aromatic carbocycles. The molecule has 1 heterocycles. The summed E-state index contributed by atoms with van der Waals surface area (Å²) in [7, 11) is 0. The molecule has 24 heavy (non-hydrogen) atoms. The minimum Gasteiger partial charge on any atom is -0.370 e. The van der Waals surface area contributed by atoms with Crippen LogP contribution in [0.4, 0.5) is 5.69 Å². The summed E-state index contributed by atoms with van der Waals surface area (Å²) in [5.41, 5.74) is 7.92. The van der Waals surface area contributed by atoms with Crippen LogP contribution in [0, 0.1) is 6.92 Å². The second kappa shape index (κ2) is 10.4. The maximum atomic E-state index is 5.35. The van der Waals surface area contributed by atoms with Crippen molar-refractivity contribution in [1.29, 1.82) is 0 Å². The first kappa shape index (κ1) is 18.9. The third-order valence-electron chi connectivity index (χ3n) is 3.79. The van der Waals surface area contributed by atoms with E-state index in [1.54, 1.807) is 4.90 Å². The first-order valence-electron chi connectivity index (χ1n) is 8.22. The molecule has 5 N–H and O–H groups in total. The topological polar surface area (TPSA) is 61.8 Å². The van der Waals surface area contributed by atoms with Gasteiger partial charge in [-0.15, -0.1) is 0 Å². The summed E-state index contributed by atoms with van der Waals surface area (Å²) in [4.78, 5) is 1.60. The fraction of sp³-hybridized carbons (Fsp3) is 0.500. The number of aryl methyl sites for hydroxylation is 1. The third kappa shape index (κ3) is 7.39. The van der Waals surface area contributed by atoms with Gasteiger partial charge in [0.2, 0.25) is 0 Å². The van der Waals surface area contributed by atoms with Gasteiger partial charge < -0.3 is 20.3 Å². The Morgan fingerprint density at radius 2 is 1.75 bits per heavy atom. The number of thiocarbonyl (C=S) groups is 2. The molecule has 1 aliphatic rings. The lowest BCUT2D eigenvalue weighted by atomic mass is 10.2. The van der Waals surface area contributed by atoms with Gasteiger partial charge in [-0.3, -0.25) is 10.9 Å². The minimum absolute atomic E-state index is 0.473. The van der Waals surface area contributed by atoms with Crippen molar-refractivity contribution in [3.8, 4) is 0 Å². The van der Waals surface area contributed by atoms with Crippen LogP contribution in [0.25, 0.3) is 0 Å². The van der Waals surface area contributed by atoms with Crippen molar-refractivity contribution in [1.82, 2.24) is 16.2 Å². The molecule has 1 fully saturated rings. The van der Waals surface area contributed by atoms with Crippen molar-refractivity contribution in [2.24, 2.45) is 0 Å². The lowest BCUT2D eigenvalue weighted by molar-refractivity contribution is -0.908. The molecule has 8 heteroatoms. The van der Waals surface area contributed by atoms with Gasteiger partial charge in [0.25, 0.3) is 0 Å². The number of anilines is 1. The number of quaternary nitrogens is 1. The van der Waals surface area contributed by atoms with E-state index >= 15 is 0 Å². The highest BCUT2D eigenvalue weighted by atomic mass is 32.1. The number of rotatable bonds is 5. The molecule has 1 saturated heterocycles. The van der Waals surface area contributed by atoms with Gasteiger partial charge in [-0.05, 0) is 43.5 Å². The second-order valence-corrected chi connectivity index (χ2v) is 6.61. The number of morpholine rings is 1. The van der Waals surface area contributed by atoms with Gasteiger partial charge >= 0.3 is 0 Å². The molecule has 0 atom stereocenters. The summed E-state index contributed by atoms with van der Waals surface area (Å²) in [6.07, 6.45) is 1.07. The van der Waals surface area contributed by atoms with Gasteiger partial charge in [-0.25, -0.2) is 0 Å². The van der Waals surface area contributed by atoms with E-state index in [0.29, 0.717) is 10.2 Å². The quantitative estimate of drug-likeness (QED) is 0.284. The molecule has 0 aliphatic carbocycles. The van der Waals surface area contributed by atoms with E-state index in [2.05, 4.69) is 21.5 Å². The summed E-state index contributed by atoms with van der Waals surface area (Å²) in [5.74, 6) is 0. The molecule has 0 unspecified atom stereocenters. The van der Waals surface area contributed by atoms with Crippen LogP contribution in [0.2, 0.25) is 0 Å². The molecular formula is C16H26N5OS2+. The van der Waals surface area contributed by atoms with Crippen molar-refractivity contribution in [3.05, 3.63) is 29.8 Å². The van der Waals surface area contributed by atoms with Gasteiger partial charge in [0.1, 0.15) is 13.1 Å². The minimum atomic E-state index is 0.473. The van der Waals surface area contributed by atoms with Crippen molar-refractivity contribution >= 4 is 40.3 Å². The summed E-state index contributed by atoms with van der Waals surface area (Å²) in [6.45, 7) is 7.98. The Hall–Kier alpha value is -1.48. The fourth-order valence-corrected chi connectivity index (χ4v) is 2.73. The largest absolute Gasteiger partial charge is 0.370 e. The zero-order chi connectivity index (χ0) is 17.2. The Bertz CT molecular complexity index is 532. The molecule has 132 valence electrons. The molecule has 1 aromatic rings. The molecule has 0 radical (unpaired) electrons. The summed E-state index contributed by atoms with van der Waals surface area (Å²) in [5, 5.41) is 7.28. The van der Waals surface area contributed by atoms with Crippen molar-refractivity contribution in [2.45, 2.75) is 13.3 Å². The van der Waals surface area contributed by atoms with E-state index in [9.17, 15) is 0 Å². The smallest absolute Gasteiger partial charge is 0.189 e. The summed E-state index contributed by atoms with van der Waals surface area (Å²) in [6, 6.07) is 8.02. The summed E-state index contributed by atoms with van der Waals surface area (Å²) >= 11 is 10.4. The Labute approximate surface area is 154 Å². The molecule has 0 saturated carbocycles. The van der Waals surface area contributed by atoms with Crippen LogP contribution in [0.3, 0.4) is 0 Å². The van der Waals surface area contributed by atoms with Crippen LogP contribution < -0.4 is 26.4 Å². The van der Waals surface area contributed by atoms with Crippen LogP contribution >= 0.6 is 24.4 Å². The van der Waals surface area contributed by atoms with Crippen LogP contribution in [0.5, 0.6) is 0 Å². The SMILES string of the molecule is Cc1ccc(NC(=S)NNC(=S)NCCC[NH+]2CCOCC2)cc1. The Morgan fingerprint density at radius 1 is 1.08 bits per heavy atom.